The van der Waals surface area contributed by atoms with Crippen molar-refractivity contribution in [2.75, 3.05) is 6.61 Å². The number of hydrazone groups is 1. The molecule has 1 aliphatic heterocycles. The van der Waals surface area contributed by atoms with E-state index in [0.717, 1.165) is 0 Å². The van der Waals surface area contributed by atoms with E-state index in [-0.39, 0.29) is 12.3 Å². The SMILES string of the molecule is CCOC(=O)C1=NN[C@H](S(=O)(=O)C(C)(C)C)[C@H]1c1ccccc1. The fourth-order valence-electron chi connectivity index (χ4n) is 2.42. The molecule has 7 heteroatoms. The van der Waals surface area contributed by atoms with E-state index in [1.54, 1.807) is 52.0 Å². The summed E-state index contributed by atoms with van der Waals surface area (Å²) in [6, 6.07) is 9.02. The van der Waals surface area contributed by atoms with Gasteiger partial charge in [0.1, 0.15) is 0 Å². The van der Waals surface area contributed by atoms with Gasteiger partial charge < -0.3 is 4.74 Å². The summed E-state index contributed by atoms with van der Waals surface area (Å²) in [7, 11) is -3.59. The molecule has 0 bridgehead atoms. The molecular weight excluding hydrogens is 316 g/mol. The molecule has 0 aliphatic carbocycles. The Morgan fingerprint density at radius 2 is 1.87 bits per heavy atom. The van der Waals surface area contributed by atoms with Gasteiger partial charge in [0.25, 0.3) is 0 Å². The van der Waals surface area contributed by atoms with Crippen molar-refractivity contribution in [3.63, 3.8) is 0 Å². The van der Waals surface area contributed by atoms with Crippen LogP contribution >= 0.6 is 0 Å². The Morgan fingerprint density at radius 1 is 1.26 bits per heavy atom. The van der Waals surface area contributed by atoms with Crippen molar-refractivity contribution in [2.45, 2.75) is 43.7 Å². The largest absolute Gasteiger partial charge is 0.461 e. The number of hydrogen-bond acceptors (Lipinski definition) is 6. The first kappa shape index (κ1) is 17.5. The lowest BCUT2D eigenvalue weighted by molar-refractivity contribution is -0.135. The summed E-state index contributed by atoms with van der Waals surface area (Å²) in [6.07, 6.45) is 0. The van der Waals surface area contributed by atoms with Crippen LogP contribution in [0.15, 0.2) is 35.4 Å². The average molecular weight is 338 g/mol. The Bertz CT molecular complexity index is 705. The second-order valence-corrected chi connectivity index (χ2v) is 9.14. The molecular formula is C16H22N2O4S. The van der Waals surface area contributed by atoms with Crippen LogP contribution in [0.2, 0.25) is 0 Å². The number of sulfone groups is 1. The highest BCUT2D eigenvalue weighted by Crippen LogP contribution is 2.34. The van der Waals surface area contributed by atoms with E-state index < -0.39 is 31.8 Å². The maximum atomic E-state index is 12.9. The minimum absolute atomic E-state index is 0.0934. The van der Waals surface area contributed by atoms with E-state index in [0.29, 0.717) is 5.56 Å². The number of carbonyl (C=O) groups is 1. The quantitative estimate of drug-likeness (QED) is 0.847. The van der Waals surface area contributed by atoms with Crippen molar-refractivity contribution in [1.82, 2.24) is 5.43 Å². The summed E-state index contributed by atoms with van der Waals surface area (Å²) in [4.78, 5) is 12.2. The Morgan fingerprint density at radius 3 is 2.39 bits per heavy atom. The second kappa shape index (κ2) is 6.31. The molecule has 0 aromatic heterocycles. The predicted octanol–water partition coefficient (Wildman–Crippen LogP) is 1.83. The second-order valence-electron chi connectivity index (χ2n) is 6.31. The standard InChI is InChI=1S/C16H22N2O4S/c1-5-22-15(19)13-12(11-9-7-6-8-10-11)14(18-17-13)23(20,21)16(2,3)4/h6-10,12,14,18H,5H2,1-4H3/t12-,14+/m0/s1. The van der Waals surface area contributed by atoms with E-state index in [1.165, 1.54) is 0 Å². The van der Waals surface area contributed by atoms with Crippen molar-refractivity contribution < 1.29 is 17.9 Å². The number of ether oxygens (including phenoxy) is 1. The lowest BCUT2D eigenvalue weighted by Gasteiger charge is -2.28. The molecule has 0 saturated heterocycles. The summed E-state index contributed by atoms with van der Waals surface area (Å²) in [5.41, 5.74) is 3.44. The van der Waals surface area contributed by atoms with Gasteiger partial charge in [0, 0.05) is 0 Å². The van der Waals surface area contributed by atoms with Gasteiger partial charge in [-0.05, 0) is 33.3 Å². The topological polar surface area (TPSA) is 84.8 Å². The maximum absolute atomic E-state index is 12.9. The molecule has 23 heavy (non-hydrogen) atoms. The van der Waals surface area contributed by atoms with Crippen molar-refractivity contribution >= 4 is 21.5 Å². The highest BCUT2D eigenvalue weighted by Gasteiger charge is 2.48. The fourth-order valence-corrected chi connectivity index (χ4v) is 4.02. The zero-order chi connectivity index (χ0) is 17.3. The maximum Gasteiger partial charge on any atom is 0.355 e. The van der Waals surface area contributed by atoms with Crippen LogP contribution in [0.25, 0.3) is 0 Å². The van der Waals surface area contributed by atoms with E-state index in [2.05, 4.69) is 10.5 Å². The van der Waals surface area contributed by atoms with Gasteiger partial charge in [-0.25, -0.2) is 13.2 Å². The van der Waals surface area contributed by atoms with E-state index in [9.17, 15) is 13.2 Å². The minimum atomic E-state index is -3.59. The van der Waals surface area contributed by atoms with Crippen LogP contribution in [-0.4, -0.2) is 36.8 Å². The molecule has 1 aromatic rings. The van der Waals surface area contributed by atoms with Gasteiger partial charge in [0.2, 0.25) is 0 Å². The Balaban J connectivity index is 2.49. The van der Waals surface area contributed by atoms with Crippen molar-refractivity contribution in [3.8, 4) is 0 Å². The first-order chi connectivity index (χ1) is 10.7. The van der Waals surface area contributed by atoms with E-state index in [4.69, 9.17) is 4.74 Å². The molecule has 1 heterocycles. The van der Waals surface area contributed by atoms with E-state index >= 15 is 0 Å². The van der Waals surface area contributed by atoms with Crippen LogP contribution in [0.3, 0.4) is 0 Å². The summed E-state index contributed by atoms with van der Waals surface area (Å²) in [5, 5.41) is 2.99. The molecule has 0 spiro atoms. The van der Waals surface area contributed by atoms with Crippen LogP contribution in [0.4, 0.5) is 0 Å². The molecule has 1 aromatic carbocycles. The number of nitrogens with zero attached hydrogens (tertiary/aromatic N) is 1. The summed E-state index contributed by atoms with van der Waals surface area (Å²) < 4.78 is 29.8. The Labute approximate surface area is 136 Å². The third-order valence-electron chi connectivity index (χ3n) is 3.74. The molecule has 2 atom stereocenters. The Hall–Kier alpha value is -1.89. The van der Waals surface area contributed by atoms with Crippen molar-refractivity contribution in [1.29, 1.82) is 0 Å². The van der Waals surface area contributed by atoms with Gasteiger partial charge in [0.15, 0.2) is 20.9 Å². The third-order valence-corrected chi connectivity index (χ3v) is 6.49. The zero-order valence-corrected chi connectivity index (χ0v) is 14.6. The van der Waals surface area contributed by atoms with Crippen LogP contribution in [0.5, 0.6) is 0 Å². The summed E-state index contributed by atoms with van der Waals surface area (Å²) in [5.74, 6) is -1.29. The van der Waals surface area contributed by atoms with Gasteiger partial charge in [-0.3, -0.25) is 5.43 Å². The highest BCUT2D eigenvalue weighted by molar-refractivity contribution is 7.93. The molecule has 1 aliphatic rings. The molecule has 1 N–H and O–H groups in total. The molecule has 0 unspecified atom stereocenters. The number of rotatable bonds is 4. The normalized spacial score (nSPS) is 21.5. The molecule has 6 nitrogen and oxygen atoms in total. The molecule has 0 saturated carbocycles. The van der Waals surface area contributed by atoms with Gasteiger partial charge in [-0.2, -0.15) is 5.10 Å². The lowest BCUT2D eigenvalue weighted by atomic mass is 9.94. The monoisotopic (exact) mass is 338 g/mol. The number of carbonyl (C=O) groups excluding carboxylic acids is 1. The van der Waals surface area contributed by atoms with Crippen LogP contribution < -0.4 is 5.43 Å². The molecule has 0 radical (unpaired) electrons. The zero-order valence-electron chi connectivity index (χ0n) is 13.7. The van der Waals surface area contributed by atoms with Crippen LogP contribution in [0.1, 0.15) is 39.2 Å². The van der Waals surface area contributed by atoms with Crippen LogP contribution in [-0.2, 0) is 19.4 Å². The molecule has 126 valence electrons. The molecule has 0 fully saturated rings. The van der Waals surface area contributed by atoms with Gasteiger partial charge in [0.05, 0.1) is 17.3 Å². The number of esters is 1. The first-order valence-corrected chi connectivity index (χ1v) is 9.03. The van der Waals surface area contributed by atoms with Gasteiger partial charge in [-0.1, -0.05) is 30.3 Å². The Kier molecular flexibility index (Phi) is 4.79. The molecule has 0 amide bonds. The van der Waals surface area contributed by atoms with Crippen LogP contribution in [0, 0.1) is 0 Å². The fraction of sp³-hybridized carbons (Fsp3) is 0.500. The first-order valence-electron chi connectivity index (χ1n) is 7.48. The van der Waals surface area contributed by atoms with Gasteiger partial charge in [-0.15, -0.1) is 0 Å². The van der Waals surface area contributed by atoms with Crippen molar-refractivity contribution in [2.24, 2.45) is 5.10 Å². The summed E-state index contributed by atoms with van der Waals surface area (Å²) >= 11 is 0. The van der Waals surface area contributed by atoms with Gasteiger partial charge >= 0.3 is 5.97 Å². The number of hydrogen-bond donors (Lipinski definition) is 1. The number of nitrogens with one attached hydrogen (secondary N) is 1. The van der Waals surface area contributed by atoms with Crippen molar-refractivity contribution in [3.05, 3.63) is 35.9 Å². The average Bonchev–Trinajstić information content (AvgIpc) is 2.92. The smallest absolute Gasteiger partial charge is 0.355 e. The van der Waals surface area contributed by atoms with E-state index in [1.807, 2.05) is 6.07 Å². The lowest BCUT2D eigenvalue weighted by Crippen LogP contribution is -2.46. The number of benzene rings is 1. The summed E-state index contributed by atoms with van der Waals surface area (Å²) in [6.45, 7) is 6.80. The molecule has 2 rings (SSSR count). The minimum Gasteiger partial charge on any atom is -0.461 e. The predicted molar refractivity (Wildman–Crippen MR) is 88.8 cm³/mol. The highest BCUT2D eigenvalue weighted by atomic mass is 32.2. The third kappa shape index (κ3) is 3.24.